The summed E-state index contributed by atoms with van der Waals surface area (Å²) in [6.07, 6.45) is 4.63. The molecule has 0 unspecified atom stereocenters. The molecule has 128 valence electrons. The van der Waals surface area contributed by atoms with E-state index in [9.17, 15) is 5.11 Å². The maximum atomic E-state index is 10.7. The second-order valence-corrected chi connectivity index (χ2v) is 6.72. The maximum Gasteiger partial charge on any atom is 0.209 e. The molecule has 4 nitrogen and oxygen atoms in total. The summed E-state index contributed by atoms with van der Waals surface area (Å²) >= 11 is 0. The molecule has 0 spiro atoms. The third-order valence-electron chi connectivity index (χ3n) is 4.10. The molecule has 0 atom stereocenters. The molecule has 1 aliphatic heterocycles. The van der Waals surface area contributed by atoms with Crippen molar-refractivity contribution in [2.24, 2.45) is 0 Å². The minimum atomic E-state index is 0.224. The van der Waals surface area contributed by atoms with Crippen molar-refractivity contribution in [3.8, 4) is 11.5 Å². The fourth-order valence-corrected chi connectivity index (χ4v) is 2.80. The average molecular weight is 318 g/mol. The van der Waals surface area contributed by atoms with Crippen LogP contribution in [0.15, 0.2) is 12.1 Å². The fourth-order valence-electron chi connectivity index (χ4n) is 2.80. The van der Waals surface area contributed by atoms with Crippen LogP contribution in [0.2, 0.25) is 0 Å². The number of phenols is 1. The van der Waals surface area contributed by atoms with Crippen molar-refractivity contribution in [2.45, 2.75) is 72.4 Å². The van der Waals surface area contributed by atoms with Gasteiger partial charge in [-0.25, -0.2) is 0 Å². The van der Waals surface area contributed by atoms with E-state index in [-0.39, 0.29) is 17.8 Å². The molecule has 4 heteroatoms. The van der Waals surface area contributed by atoms with E-state index >= 15 is 0 Å². The molecule has 1 N–H and O–H groups in total. The number of aromatic hydroxyl groups is 1. The molecule has 1 heterocycles. The van der Waals surface area contributed by atoms with Crippen molar-refractivity contribution in [3.05, 3.63) is 18.8 Å². The van der Waals surface area contributed by atoms with Gasteiger partial charge in [0.25, 0.3) is 0 Å². The predicted molar refractivity (Wildman–Crippen MR) is 96.2 cm³/mol. The van der Waals surface area contributed by atoms with E-state index in [0.29, 0.717) is 12.4 Å². The van der Waals surface area contributed by atoms with E-state index in [4.69, 9.17) is 4.74 Å². The van der Waals surface area contributed by atoms with Crippen molar-refractivity contribution in [1.29, 1.82) is 0 Å². The van der Waals surface area contributed by atoms with Gasteiger partial charge in [-0.1, -0.05) is 26.2 Å². The van der Waals surface area contributed by atoms with Crippen molar-refractivity contribution in [3.63, 3.8) is 0 Å². The number of rotatable bonds is 8. The van der Waals surface area contributed by atoms with Crippen molar-refractivity contribution >= 4 is 11.4 Å². The van der Waals surface area contributed by atoms with Crippen LogP contribution in [0.25, 0.3) is 0 Å². The second-order valence-electron chi connectivity index (χ2n) is 6.72. The van der Waals surface area contributed by atoms with Crippen LogP contribution in [0.1, 0.15) is 60.3 Å². The van der Waals surface area contributed by atoms with Crippen molar-refractivity contribution in [1.82, 2.24) is 0 Å². The highest BCUT2D eigenvalue weighted by atomic mass is 16.5. The Bertz CT molecular complexity index is 514. The number of phenolic OH excluding ortho intramolecular Hbond substituents is 1. The first-order valence-corrected chi connectivity index (χ1v) is 8.80. The fraction of sp³-hybridized carbons (Fsp3) is 0.632. The third-order valence-corrected chi connectivity index (χ3v) is 4.10. The quantitative estimate of drug-likeness (QED) is 0.699. The van der Waals surface area contributed by atoms with Crippen LogP contribution >= 0.6 is 0 Å². The minimum absolute atomic E-state index is 0.224. The van der Waals surface area contributed by atoms with Gasteiger partial charge in [-0.2, -0.15) is 0 Å². The average Bonchev–Trinajstić information content (AvgIpc) is 2.90. The molecule has 0 saturated carbocycles. The van der Waals surface area contributed by atoms with Gasteiger partial charge in [0.05, 0.1) is 12.3 Å². The number of hydrogen-bond acceptors (Lipinski definition) is 4. The number of unbranched alkanes of at least 4 members (excludes halogenated alkanes) is 3. The Labute approximate surface area is 141 Å². The van der Waals surface area contributed by atoms with Gasteiger partial charge in [0, 0.05) is 12.1 Å². The van der Waals surface area contributed by atoms with E-state index in [0.717, 1.165) is 17.8 Å². The molecule has 0 bridgehead atoms. The zero-order valence-corrected chi connectivity index (χ0v) is 15.1. The maximum absolute atomic E-state index is 10.7. The largest absolute Gasteiger partial charge is 0.503 e. The Hall–Kier alpha value is -1.58. The normalized spacial score (nSPS) is 14.0. The molecule has 23 heavy (non-hydrogen) atoms. The highest BCUT2D eigenvalue weighted by Gasteiger charge is 2.34. The minimum Gasteiger partial charge on any atom is -0.503 e. The summed E-state index contributed by atoms with van der Waals surface area (Å²) in [7, 11) is 0. The number of fused-ring (bicyclic) bond motifs is 1. The summed E-state index contributed by atoms with van der Waals surface area (Å²) in [4.78, 5) is 4.06. The van der Waals surface area contributed by atoms with Gasteiger partial charge < -0.3 is 19.6 Å². The number of ether oxygens (including phenoxy) is 1. The molecule has 1 aromatic carbocycles. The summed E-state index contributed by atoms with van der Waals surface area (Å²) in [5, 5.41) is 10.7. The van der Waals surface area contributed by atoms with E-state index in [1.165, 1.54) is 19.3 Å². The molecule has 0 aromatic heterocycles. The highest BCUT2D eigenvalue weighted by Crippen LogP contribution is 2.50. The molecule has 2 radical (unpaired) electrons. The summed E-state index contributed by atoms with van der Waals surface area (Å²) < 4.78 is 5.81. The zero-order valence-electron chi connectivity index (χ0n) is 15.1. The van der Waals surface area contributed by atoms with Crippen LogP contribution in [0.4, 0.5) is 11.4 Å². The second kappa shape index (κ2) is 7.80. The lowest BCUT2D eigenvalue weighted by atomic mass is 10.2. The van der Waals surface area contributed by atoms with Gasteiger partial charge in [0.1, 0.15) is 5.69 Å². The van der Waals surface area contributed by atoms with Crippen LogP contribution < -0.4 is 14.5 Å². The van der Waals surface area contributed by atoms with Crippen LogP contribution in [0.3, 0.4) is 0 Å². The van der Waals surface area contributed by atoms with E-state index < -0.39 is 0 Å². The smallest absolute Gasteiger partial charge is 0.209 e. The molecule has 1 aromatic rings. The zero-order chi connectivity index (χ0) is 17.0. The van der Waals surface area contributed by atoms with Crippen LogP contribution in [0, 0.1) is 6.67 Å². The molecule has 0 saturated heterocycles. The lowest BCUT2D eigenvalue weighted by Crippen LogP contribution is -2.33. The Morgan fingerprint density at radius 1 is 1.04 bits per heavy atom. The highest BCUT2D eigenvalue weighted by molar-refractivity contribution is 5.86. The Morgan fingerprint density at radius 2 is 1.74 bits per heavy atom. The first-order chi connectivity index (χ1) is 11.0. The first kappa shape index (κ1) is 17.8. The van der Waals surface area contributed by atoms with Gasteiger partial charge in [0.2, 0.25) is 6.67 Å². The van der Waals surface area contributed by atoms with Crippen LogP contribution in [-0.2, 0) is 0 Å². The molecule has 1 aliphatic rings. The molecular weight excluding hydrogens is 288 g/mol. The molecule has 0 amide bonds. The Balaban J connectivity index is 2.18. The molecule has 0 aliphatic carbocycles. The number of anilines is 2. The molecule has 0 fully saturated rings. The van der Waals surface area contributed by atoms with Crippen LogP contribution in [0.5, 0.6) is 11.5 Å². The van der Waals surface area contributed by atoms with Gasteiger partial charge in [-0.05, 0) is 46.2 Å². The van der Waals surface area contributed by atoms with Gasteiger partial charge in [0.15, 0.2) is 11.5 Å². The summed E-state index contributed by atoms with van der Waals surface area (Å²) in [5.74, 6) is 0.792. The van der Waals surface area contributed by atoms with Gasteiger partial charge >= 0.3 is 0 Å². The first-order valence-electron chi connectivity index (χ1n) is 8.80. The number of benzene rings is 1. The van der Waals surface area contributed by atoms with Crippen molar-refractivity contribution < 1.29 is 9.84 Å². The van der Waals surface area contributed by atoms with E-state index in [1.54, 1.807) is 0 Å². The summed E-state index contributed by atoms with van der Waals surface area (Å²) in [5.41, 5.74) is 1.80. The lowest BCUT2D eigenvalue weighted by Gasteiger charge is -2.25. The topological polar surface area (TPSA) is 35.9 Å². The van der Waals surface area contributed by atoms with Crippen LogP contribution in [-0.4, -0.2) is 23.8 Å². The molecule has 2 rings (SSSR count). The number of nitrogens with zero attached hydrogens (tertiary/aromatic N) is 2. The third kappa shape index (κ3) is 3.85. The Morgan fingerprint density at radius 3 is 2.35 bits per heavy atom. The number of hydrogen-bond donors (Lipinski definition) is 1. The van der Waals surface area contributed by atoms with Gasteiger partial charge in [-0.15, -0.1) is 0 Å². The van der Waals surface area contributed by atoms with E-state index in [2.05, 4.69) is 46.2 Å². The molecular formula is C19H30N2O2. The Kier molecular flexibility index (Phi) is 6.03. The SMILES string of the molecule is CCCCCCOc1ccc2c(c1O)N(C(C)C)[C]N2C(C)C. The monoisotopic (exact) mass is 318 g/mol. The standard InChI is InChI=1S/C19H30N2O2/c1-6-7-8-9-12-23-17-11-10-16-18(19(17)22)21(15(4)5)13-20(16)14(2)3/h10-11,14-15,22H,6-9,12H2,1-5H3. The lowest BCUT2D eigenvalue weighted by molar-refractivity contribution is 0.289. The summed E-state index contributed by atoms with van der Waals surface area (Å²) in [6, 6.07) is 4.40. The summed E-state index contributed by atoms with van der Waals surface area (Å²) in [6.45, 7) is 14.6. The predicted octanol–water partition coefficient (Wildman–Crippen LogP) is 4.79. The van der Waals surface area contributed by atoms with Gasteiger partial charge in [-0.3, -0.25) is 0 Å². The van der Waals surface area contributed by atoms with Crippen molar-refractivity contribution in [2.75, 3.05) is 16.4 Å². The van der Waals surface area contributed by atoms with E-state index in [1.807, 2.05) is 17.0 Å².